The fourth-order valence-corrected chi connectivity index (χ4v) is 3.61. The van der Waals surface area contributed by atoms with Crippen molar-refractivity contribution in [2.24, 2.45) is 5.92 Å². The Balaban J connectivity index is 1.51. The second-order valence-electron chi connectivity index (χ2n) is 6.27. The Labute approximate surface area is 128 Å². The number of aromatic nitrogens is 2. The van der Waals surface area contributed by atoms with Crippen LogP contribution in [0.2, 0.25) is 0 Å². The molecular weight excluding hydrogens is 278 g/mol. The van der Waals surface area contributed by atoms with Crippen molar-refractivity contribution in [2.75, 3.05) is 19.6 Å². The molecule has 0 saturated carbocycles. The molecule has 22 heavy (non-hydrogen) atoms. The van der Waals surface area contributed by atoms with Crippen molar-refractivity contribution in [2.45, 2.75) is 18.9 Å². The molecule has 2 aromatic heterocycles. The first-order chi connectivity index (χ1) is 10.7. The van der Waals surface area contributed by atoms with Gasteiger partial charge in [0.1, 0.15) is 11.8 Å². The van der Waals surface area contributed by atoms with Crippen LogP contribution in [0.15, 0.2) is 24.7 Å². The molecule has 1 amide bonds. The number of carbonyl (C=O) groups excluding carboxylic acids is 1. The zero-order valence-electron chi connectivity index (χ0n) is 12.2. The minimum atomic E-state index is -0.137. The van der Waals surface area contributed by atoms with Crippen molar-refractivity contribution in [1.82, 2.24) is 19.6 Å². The molecule has 0 radical (unpaired) electrons. The first-order valence-corrected chi connectivity index (χ1v) is 7.62. The van der Waals surface area contributed by atoms with Crippen LogP contribution in [-0.2, 0) is 0 Å². The molecule has 4 heterocycles. The molecule has 0 spiro atoms. The van der Waals surface area contributed by atoms with Gasteiger partial charge in [0.2, 0.25) is 0 Å². The fraction of sp³-hybridized carbons (Fsp3) is 0.438. The number of piperidine rings is 1. The Bertz CT molecular complexity index is 762. The molecule has 1 N–H and O–H groups in total. The van der Waals surface area contributed by atoms with Crippen molar-refractivity contribution < 1.29 is 4.79 Å². The Morgan fingerprint density at radius 3 is 3.14 bits per heavy atom. The molecule has 2 saturated heterocycles. The van der Waals surface area contributed by atoms with Gasteiger partial charge in [-0.2, -0.15) is 5.26 Å². The summed E-state index contributed by atoms with van der Waals surface area (Å²) in [4.78, 5) is 19.0. The molecule has 4 rings (SSSR count). The van der Waals surface area contributed by atoms with Crippen molar-refractivity contribution in [3.05, 3.63) is 35.9 Å². The van der Waals surface area contributed by atoms with Crippen LogP contribution in [-0.4, -0.2) is 45.9 Å². The van der Waals surface area contributed by atoms with Gasteiger partial charge >= 0.3 is 0 Å². The smallest absolute Gasteiger partial charge is 0.271 e. The molecule has 2 fully saturated rings. The van der Waals surface area contributed by atoms with Crippen LogP contribution in [0.1, 0.15) is 28.9 Å². The summed E-state index contributed by atoms with van der Waals surface area (Å²) in [7, 11) is 0. The highest BCUT2D eigenvalue weighted by Gasteiger charge is 2.33. The van der Waals surface area contributed by atoms with Gasteiger partial charge in [0.05, 0.1) is 17.3 Å². The molecule has 6 heteroatoms. The zero-order valence-corrected chi connectivity index (χ0v) is 12.2. The van der Waals surface area contributed by atoms with E-state index in [1.807, 2.05) is 0 Å². The highest BCUT2D eigenvalue weighted by Crippen LogP contribution is 2.26. The molecule has 2 aliphatic heterocycles. The summed E-state index contributed by atoms with van der Waals surface area (Å²) in [5, 5.41) is 12.0. The predicted octanol–water partition coefficient (Wildman–Crippen LogP) is 1.03. The molecule has 3 atom stereocenters. The minimum absolute atomic E-state index is 0.137. The van der Waals surface area contributed by atoms with Crippen LogP contribution in [0.5, 0.6) is 0 Å². The van der Waals surface area contributed by atoms with Gasteiger partial charge in [-0.1, -0.05) is 0 Å². The highest BCUT2D eigenvalue weighted by atomic mass is 16.2. The summed E-state index contributed by atoms with van der Waals surface area (Å²) in [5.74, 6) is 0.582. The number of nitrogens with zero attached hydrogens (tertiary/aromatic N) is 4. The third kappa shape index (κ3) is 2.34. The second kappa shape index (κ2) is 5.11. The normalized spacial score (nSPS) is 26.8. The molecule has 0 aliphatic carbocycles. The number of nitriles is 1. The molecule has 2 bridgehead atoms. The number of amides is 1. The standard InChI is InChI=1S/C16H17N5O/c17-5-12-4-14-6-18-15(10-21(14)8-12)16(22)19-13-3-11-1-2-20(7-11)9-13/h4,6,8,10-11,13H,1-3,7,9H2,(H,19,22)/t11-,13+/m0/s1. The van der Waals surface area contributed by atoms with E-state index in [0.29, 0.717) is 11.3 Å². The van der Waals surface area contributed by atoms with Crippen molar-refractivity contribution in [3.63, 3.8) is 0 Å². The van der Waals surface area contributed by atoms with E-state index >= 15 is 0 Å². The number of nitrogens with one attached hydrogen (secondary N) is 1. The van der Waals surface area contributed by atoms with Gasteiger partial charge in [0, 0.05) is 31.5 Å². The van der Waals surface area contributed by atoms with Gasteiger partial charge in [0.15, 0.2) is 0 Å². The van der Waals surface area contributed by atoms with Crippen molar-refractivity contribution in [3.8, 4) is 6.07 Å². The fourth-order valence-electron chi connectivity index (χ4n) is 3.61. The van der Waals surface area contributed by atoms with E-state index in [-0.39, 0.29) is 11.9 Å². The minimum Gasteiger partial charge on any atom is -0.347 e. The van der Waals surface area contributed by atoms with Crippen LogP contribution in [0.4, 0.5) is 0 Å². The molecular formula is C16H17N5O. The van der Waals surface area contributed by atoms with E-state index in [1.54, 1.807) is 29.1 Å². The van der Waals surface area contributed by atoms with E-state index in [4.69, 9.17) is 5.26 Å². The van der Waals surface area contributed by atoms with E-state index in [0.717, 1.165) is 30.9 Å². The van der Waals surface area contributed by atoms with Gasteiger partial charge in [0.25, 0.3) is 5.91 Å². The lowest BCUT2D eigenvalue weighted by atomic mass is 9.97. The Kier molecular flexibility index (Phi) is 3.09. The largest absolute Gasteiger partial charge is 0.347 e. The maximum absolute atomic E-state index is 12.4. The molecule has 2 aliphatic rings. The van der Waals surface area contributed by atoms with Gasteiger partial charge in [-0.15, -0.1) is 0 Å². The maximum Gasteiger partial charge on any atom is 0.271 e. The van der Waals surface area contributed by atoms with E-state index in [2.05, 4.69) is 21.3 Å². The van der Waals surface area contributed by atoms with Gasteiger partial charge in [-0.25, -0.2) is 4.98 Å². The first-order valence-electron chi connectivity index (χ1n) is 7.62. The highest BCUT2D eigenvalue weighted by molar-refractivity contribution is 5.92. The van der Waals surface area contributed by atoms with Crippen molar-refractivity contribution >= 4 is 11.4 Å². The Hall–Kier alpha value is -2.39. The quantitative estimate of drug-likeness (QED) is 0.898. The van der Waals surface area contributed by atoms with Crippen LogP contribution < -0.4 is 5.32 Å². The third-order valence-electron chi connectivity index (χ3n) is 4.64. The average Bonchev–Trinajstić information content (AvgIpc) is 3.09. The summed E-state index contributed by atoms with van der Waals surface area (Å²) in [5.41, 5.74) is 1.77. The van der Waals surface area contributed by atoms with Gasteiger partial charge in [-0.3, -0.25) is 4.79 Å². The lowest BCUT2D eigenvalue weighted by Crippen LogP contribution is -2.47. The summed E-state index contributed by atoms with van der Waals surface area (Å²) < 4.78 is 1.77. The van der Waals surface area contributed by atoms with Crippen LogP contribution in [0, 0.1) is 17.2 Å². The lowest BCUT2D eigenvalue weighted by molar-refractivity contribution is 0.0904. The molecule has 6 nitrogen and oxygen atoms in total. The number of hydrogen-bond acceptors (Lipinski definition) is 4. The van der Waals surface area contributed by atoms with E-state index in [1.165, 1.54) is 13.0 Å². The van der Waals surface area contributed by atoms with E-state index < -0.39 is 0 Å². The second-order valence-corrected chi connectivity index (χ2v) is 6.27. The summed E-state index contributed by atoms with van der Waals surface area (Å²) >= 11 is 0. The molecule has 2 aromatic rings. The van der Waals surface area contributed by atoms with Crippen LogP contribution in [0.3, 0.4) is 0 Å². The molecule has 1 unspecified atom stereocenters. The molecule has 0 aromatic carbocycles. The number of rotatable bonds is 2. The first kappa shape index (κ1) is 13.3. The predicted molar refractivity (Wildman–Crippen MR) is 80.3 cm³/mol. The number of hydrogen-bond donors (Lipinski definition) is 1. The summed E-state index contributed by atoms with van der Waals surface area (Å²) in [6.07, 6.45) is 7.33. The Morgan fingerprint density at radius 2 is 2.32 bits per heavy atom. The maximum atomic E-state index is 12.4. The lowest BCUT2D eigenvalue weighted by Gasteiger charge is -2.30. The summed E-state index contributed by atoms with van der Waals surface area (Å²) in [6, 6.07) is 4.06. The number of carbonyl (C=O) groups is 1. The van der Waals surface area contributed by atoms with Gasteiger partial charge in [-0.05, 0) is 31.4 Å². The van der Waals surface area contributed by atoms with E-state index in [9.17, 15) is 4.79 Å². The topological polar surface area (TPSA) is 73.4 Å². The Morgan fingerprint density at radius 1 is 1.41 bits per heavy atom. The third-order valence-corrected chi connectivity index (χ3v) is 4.64. The van der Waals surface area contributed by atoms with Crippen LogP contribution >= 0.6 is 0 Å². The average molecular weight is 295 g/mol. The van der Waals surface area contributed by atoms with Crippen molar-refractivity contribution in [1.29, 1.82) is 5.26 Å². The summed E-state index contributed by atoms with van der Waals surface area (Å²) in [6.45, 7) is 3.27. The van der Waals surface area contributed by atoms with Crippen LogP contribution in [0.25, 0.3) is 5.52 Å². The number of fused-ring (bicyclic) bond motifs is 3. The zero-order chi connectivity index (χ0) is 15.1. The monoisotopic (exact) mass is 295 g/mol. The molecule has 112 valence electrons. The SMILES string of the molecule is N#Cc1cc2cnc(C(=O)N[C@@H]3C[C@@H]4CCN(C4)C3)cn2c1. The van der Waals surface area contributed by atoms with Gasteiger partial charge < -0.3 is 14.6 Å².